The number of carbonyl (C=O) groups is 1. The molecule has 3 heterocycles. The number of hydrogen-bond acceptors (Lipinski definition) is 6. The lowest BCUT2D eigenvalue weighted by atomic mass is 9.98. The van der Waals surface area contributed by atoms with E-state index in [1.54, 1.807) is 11.2 Å². The number of fused-ring (bicyclic) bond motifs is 2. The Balaban J connectivity index is 1.65. The summed E-state index contributed by atoms with van der Waals surface area (Å²) in [4.78, 5) is 25.2. The second-order valence-corrected chi connectivity index (χ2v) is 8.26. The van der Waals surface area contributed by atoms with Gasteiger partial charge in [0.2, 0.25) is 5.91 Å². The molecule has 2 aliphatic heterocycles. The van der Waals surface area contributed by atoms with Crippen LogP contribution in [0.25, 0.3) is 22.0 Å². The lowest BCUT2D eigenvalue weighted by Gasteiger charge is -2.40. The monoisotopic (exact) mass is 435 g/mol. The molecule has 2 aromatic carbocycles. The Morgan fingerprint density at radius 2 is 2.13 bits per heavy atom. The van der Waals surface area contributed by atoms with E-state index in [0.29, 0.717) is 42.7 Å². The van der Waals surface area contributed by atoms with Crippen LogP contribution in [0.15, 0.2) is 43.2 Å². The number of piperazine rings is 1. The van der Waals surface area contributed by atoms with Crippen LogP contribution in [0.3, 0.4) is 0 Å². The molecule has 1 saturated heterocycles. The zero-order valence-electron chi connectivity index (χ0n) is 17.1. The van der Waals surface area contributed by atoms with Crippen LogP contribution in [-0.2, 0) is 4.79 Å². The first-order chi connectivity index (χ1) is 15.0. The van der Waals surface area contributed by atoms with Crippen LogP contribution in [0.4, 0.5) is 11.5 Å². The van der Waals surface area contributed by atoms with Crippen molar-refractivity contribution in [3.8, 4) is 16.9 Å². The molecule has 0 radical (unpaired) electrons. The molecule has 7 nitrogen and oxygen atoms in total. The molecule has 158 valence electrons. The molecule has 1 amide bonds. The van der Waals surface area contributed by atoms with Crippen molar-refractivity contribution < 1.29 is 9.53 Å². The van der Waals surface area contributed by atoms with Crippen molar-refractivity contribution in [2.75, 3.05) is 36.9 Å². The maximum atomic E-state index is 12.1. The van der Waals surface area contributed by atoms with E-state index in [-0.39, 0.29) is 11.9 Å². The van der Waals surface area contributed by atoms with Gasteiger partial charge in [-0.25, -0.2) is 9.97 Å². The summed E-state index contributed by atoms with van der Waals surface area (Å²) in [5.74, 6) is 1.29. The fraction of sp³-hybridized carbons (Fsp3) is 0.261. The van der Waals surface area contributed by atoms with E-state index in [4.69, 9.17) is 22.1 Å². The molecule has 0 aliphatic carbocycles. The number of hydrogen-bond donors (Lipinski definition) is 1. The van der Waals surface area contributed by atoms with E-state index < -0.39 is 0 Å². The Labute approximate surface area is 185 Å². The van der Waals surface area contributed by atoms with Crippen molar-refractivity contribution in [2.24, 2.45) is 0 Å². The third kappa shape index (κ3) is 3.16. The Bertz CT molecular complexity index is 1230. The first-order valence-corrected chi connectivity index (χ1v) is 10.5. The van der Waals surface area contributed by atoms with Crippen molar-refractivity contribution >= 4 is 39.9 Å². The molecule has 0 spiro atoms. The van der Waals surface area contributed by atoms with Gasteiger partial charge < -0.3 is 20.3 Å². The van der Waals surface area contributed by atoms with Gasteiger partial charge in [-0.2, -0.15) is 0 Å². The first kappa shape index (κ1) is 19.6. The zero-order chi connectivity index (χ0) is 21.7. The highest BCUT2D eigenvalue weighted by atomic mass is 35.5. The molecular formula is C23H22ClN5O2. The summed E-state index contributed by atoms with van der Waals surface area (Å²) in [6, 6.07) is 7.68. The van der Waals surface area contributed by atoms with E-state index in [1.165, 1.54) is 6.08 Å². The Morgan fingerprint density at radius 1 is 1.29 bits per heavy atom. The molecular weight excluding hydrogens is 414 g/mol. The molecule has 2 aliphatic rings. The average molecular weight is 436 g/mol. The van der Waals surface area contributed by atoms with Crippen LogP contribution in [0.1, 0.15) is 5.56 Å². The molecule has 0 unspecified atom stereocenters. The number of halogens is 1. The normalized spacial score (nSPS) is 17.7. The summed E-state index contributed by atoms with van der Waals surface area (Å²) >= 11 is 6.90. The van der Waals surface area contributed by atoms with Crippen molar-refractivity contribution in [2.45, 2.75) is 13.0 Å². The highest BCUT2D eigenvalue weighted by Crippen LogP contribution is 2.46. The highest BCUT2D eigenvalue weighted by molar-refractivity contribution is 6.36. The number of rotatable bonds is 2. The van der Waals surface area contributed by atoms with Gasteiger partial charge in [-0.1, -0.05) is 24.2 Å². The van der Waals surface area contributed by atoms with Gasteiger partial charge in [0, 0.05) is 30.9 Å². The van der Waals surface area contributed by atoms with Gasteiger partial charge in [0.25, 0.3) is 0 Å². The molecule has 31 heavy (non-hydrogen) atoms. The van der Waals surface area contributed by atoms with Crippen LogP contribution in [0, 0.1) is 6.92 Å². The standard InChI is InChI=1S/C23H22ClN5O2/c1-3-19(30)28-6-7-29-15(10-28)11-31-22-20-18(26-12-27-23(20)29)9-17(21(22)24)16-5-4-14(25)8-13(16)2/h3-5,8-9,12,15H,1,6-7,10-11,25H2,2H3/t15-/m0/s1. The topological polar surface area (TPSA) is 84.6 Å². The number of nitrogens with zero attached hydrogens (tertiary/aromatic N) is 4. The van der Waals surface area contributed by atoms with Gasteiger partial charge in [-0.3, -0.25) is 4.79 Å². The first-order valence-electron chi connectivity index (χ1n) is 10.1. The summed E-state index contributed by atoms with van der Waals surface area (Å²) in [6.07, 6.45) is 2.92. The van der Waals surface area contributed by atoms with Crippen molar-refractivity contribution in [3.05, 3.63) is 53.8 Å². The number of benzene rings is 2. The number of carbonyl (C=O) groups excluding carboxylic acids is 1. The molecule has 3 aromatic rings. The molecule has 1 aromatic heterocycles. The number of nitrogen functional groups attached to an aromatic ring is 1. The minimum absolute atomic E-state index is 0.0408. The Morgan fingerprint density at radius 3 is 2.90 bits per heavy atom. The number of anilines is 2. The summed E-state index contributed by atoms with van der Waals surface area (Å²) in [5, 5.41) is 1.32. The van der Waals surface area contributed by atoms with Gasteiger partial charge in [-0.05, 0) is 42.3 Å². The number of amides is 1. The molecule has 1 fully saturated rings. The van der Waals surface area contributed by atoms with Gasteiger partial charge in [0.05, 0.1) is 22.0 Å². The molecule has 1 atom stereocenters. The molecule has 8 heteroatoms. The fourth-order valence-corrected chi connectivity index (χ4v) is 4.78. The highest BCUT2D eigenvalue weighted by Gasteiger charge is 2.35. The van der Waals surface area contributed by atoms with E-state index in [2.05, 4.69) is 21.4 Å². The molecule has 0 bridgehead atoms. The van der Waals surface area contributed by atoms with E-state index >= 15 is 0 Å². The number of nitrogens with two attached hydrogens (primary N) is 1. The van der Waals surface area contributed by atoms with Crippen LogP contribution in [-0.4, -0.2) is 53.1 Å². The number of ether oxygens (including phenoxy) is 1. The molecule has 2 N–H and O–H groups in total. The summed E-state index contributed by atoms with van der Waals surface area (Å²) in [6.45, 7) is 7.77. The third-order valence-electron chi connectivity index (χ3n) is 6.00. The minimum atomic E-state index is -0.0756. The van der Waals surface area contributed by atoms with Gasteiger partial charge >= 0.3 is 0 Å². The van der Waals surface area contributed by atoms with Gasteiger partial charge in [0.1, 0.15) is 18.8 Å². The number of aromatic nitrogens is 2. The molecule has 0 saturated carbocycles. The quantitative estimate of drug-likeness (QED) is 0.490. The van der Waals surface area contributed by atoms with Crippen molar-refractivity contribution in [3.63, 3.8) is 0 Å². The maximum Gasteiger partial charge on any atom is 0.246 e. The fourth-order valence-electron chi connectivity index (χ4n) is 4.47. The second-order valence-electron chi connectivity index (χ2n) is 7.88. The SMILES string of the molecule is C=CC(=O)N1CCN2c3ncnc4cc(-c5ccc(N)cc5C)c(Cl)c(c34)OC[C@@H]2C1. The largest absolute Gasteiger partial charge is 0.489 e. The Hall–Kier alpha value is -3.32. The minimum Gasteiger partial charge on any atom is -0.489 e. The summed E-state index contributed by atoms with van der Waals surface area (Å²) < 4.78 is 6.27. The predicted molar refractivity (Wildman–Crippen MR) is 123 cm³/mol. The van der Waals surface area contributed by atoms with Crippen LogP contribution < -0.4 is 15.4 Å². The average Bonchev–Trinajstić information content (AvgIpc) is 2.94. The number of aryl methyl sites for hydroxylation is 1. The van der Waals surface area contributed by atoms with E-state index in [9.17, 15) is 4.79 Å². The van der Waals surface area contributed by atoms with E-state index in [1.807, 2.05) is 31.2 Å². The molecule has 5 rings (SSSR count). The van der Waals surface area contributed by atoms with Crippen molar-refractivity contribution in [1.82, 2.24) is 14.9 Å². The second kappa shape index (κ2) is 7.42. The third-order valence-corrected chi connectivity index (χ3v) is 6.38. The Kier molecular flexibility index (Phi) is 4.70. The van der Waals surface area contributed by atoms with E-state index in [0.717, 1.165) is 33.4 Å². The van der Waals surface area contributed by atoms with Crippen LogP contribution in [0.2, 0.25) is 5.02 Å². The lowest BCUT2D eigenvalue weighted by molar-refractivity contribution is -0.126. The zero-order valence-corrected chi connectivity index (χ0v) is 17.9. The van der Waals surface area contributed by atoms with Gasteiger partial charge in [-0.15, -0.1) is 0 Å². The lowest BCUT2D eigenvalue weighted by Crippen LogP contribution is -2.56. The predicted octanol–water partition coefficient (Wildman–Crippen LogP) is 3.44. The van der Waals surface area contributed by atoms with Gasteiger partial charge in [0.15, 0.2) is 5.75 Å². The summed E-state index contributed by atoms with van der Waals surface area (Å²) in [7, 11) is 0. The van der Waals surface area contributed by atoms with Crippen LogP contribution in [0.5, 0.6) is 5.75 Å². The smallest absolute Gasteiger partial charge is 0.246 e. The van der Waals surface area contributed by atoms with Crippen LogP contribution >= 0.6 is 11.6 Å². The maximum absolute atomic E-state index is 12.1. The van der Waals surface area contributed by atoms with Crippen molar-refractivity contribution in [1.29, 1.82) is 0 Å². The summed E-state index contributed by atoms with van der Waals surface area (Å²) in [5.41, 5.74) is 10.2.